The fourth-order valence-corrected chi connectivity index (χ4v) is 5.03. The van der Waals surface area contributed by atoms with Crippen LogP contribution in [0.2, 0.25) is 0 Å². The summed E-state index contributed by atoms with van der Waals surface area (Å²) in [7, 11) is 1.73. The van der Waals surface area contributed by atoms with Gasteiger partial charge in [0, 0.05) is 37.8 Å². The van der Waals surface area contributed by atoms with Crippen LogP contribution in [0.1, 0.15) is 24.8 Å². The summed E-state index contributed by atoms with van der Waals surface area (Å²) >= 11 is 0. The number of piperidine rings is 1. The maximum Gasteiger partial charge on any atom is 0.142 e. The third-order valence-electron chi connectivity index (χ3n) is 6.35. The molecule has 1 spiro atoms. The molecule has 1 aromatic carbocycles. The number of hydrogen-bond donors (Lipinski definition) is 1. The first-order valence-corrected chi connectivity index (χ1v) is 10.1. The van der Waals surface area contributed by atoms with Crippen LogP contribution in [-0.2, 0) is 6.54 Å². The molecule has 2 aromatic heterocycles. The second kappa shape index (κ2) is 7.09. The Balaban J connectivity index is 1.31. The molecule has 1 atom stereocenters. The van der Waals surface area contributed by atoms with E-state index in [2.05, 4.69) is 49.0 Å². The number of fused-ring (bicyclic) bond motifs is 1. The first-order chi connectivity index (χ1) is 13.7. The quantitative estimate of drug-likeness (QED) is 0.755. The van der Waals surface area contributed by atoms with Crippen molar-refractivity contribution in [2.45, 2.75) is 25.8 Å². The van der Waals surface area contributed by atoms with Crippen molar-refractivity contribution in [2.75, 3.05) is 38.2 Å². The highest BCUT2D eigenvalue weighted by Gasteiger charge is 2.42. The number of hydrogen-bond acceptors (Lipinski definition) is 5. The average molecular weight is 377 g/mol. The van der Waals surface area contributed by atoms with Gasteiger partial charge >= 0.3 is 0 Å². The number of aromatic amines is 1. The van der Waals surface area contributed by atoms with Gasteiger partial charge in [0.25, 0.3) is 0 Å². The van der Waals surface area contributed by atoms with E-state index < -0.39 is 0 Å². The molecule has 3 aromatic rings. The second-order valence-corrected chi connectivity index (χ2v) is 8.27. The zero-order valence-corrected chi connectivity index (χ0v) is 16.4. The van der Waals surface area contributed by atoms with Crippen LogP contribution in [0.3, 0.4) is 0 Å². The van der Waals surface area contributed by atoms with Crippen LogP contribution in [0.4, 0.5) is 5.82 Å². The van der Waals surface area contributed by atoms with Crippen molar-refractivity contribution in [1.29, 1.82) is 0 Å². The Bertz CT molecular complexity index is 970. The van der Waals surface area contributed by atoms with Gasteiger partial charge in [-0.25, -0.2) is 9.97 Å². The second-order valence-electron chi connectivity index (χ2n) is 8.27. The van der Waals surface area contributed by atoms with Gasteiger partial charge in [-0.1, -0.05) is 12.1 Å². The Morgan fingerprint density at radius 1 is 1.14 bits per heavy atom. The van der Waals surface area contributed by atoms with Gasteiger partial charge in [-0.15, -0.1) is 0 Å². The molecule has 0 bridgehead atoms. The van der Waals surface area contributed by atoms with Crippen LogP contribution in [0, 0.1) is 5.41 Å². The maximum atomic E-state index is 5.39. The molecule has 6 heteroatoms. The number of aromatic nitrogens is 3. The van der Waals surface area contributed by atoms with Gasteiger partial charge in [0.15, 0.2) is 0 Å². The molecule has 146 valence electrons. The molecule has 2 fully saturated rings. The van der Waals surface area contributed by atoms with Crippen molar-refractivity contribution in [1.82, 2.24) is 19.9 Å². The van der Waals surface area contributed by atoms with Crippen molar-refractivity contribution in [2.24, 2.45) is 5.41 Å². The van der Waals surface area contributed by atoms with Crippen molar-refractivity contribution in [3.05, 3.63) is 48.4 Å². The number of nitrogens with zero attached hydrogens (tertiary/aromatic N) is 4. The van der Waals surface area contributed by atoms with Crippen LogP contribution in [-0.4, -0.2) is 53.1 Å². The van der Waals surface area contributed by atoms with E-state index in [1.54, 1.807) is 13.4 Å². The van der Waals surface area contributed by atoms with Crippen LogP contribution < -0.4 is 9.64 Å². The van der Waals surface area contributed by atoms with Crippen LogP contribution >= 0.6 is 0 Å². The van der Waals surface area contributed by atoms with Gasteiger partial charge in [-0.2, -0.15) is 0 Å². The smallest absolute Gasteiger partial charge is 0.142 e. The fraction of sp³-hybridized carbons (Fsp3) is 0.455. The minimum Gasteiger partial charge on any atom is -0.497 e. The van der Waals surface area contributed by atoms with E-state index >= 15 is 0 Å². The number of benzene rings is 1. The lowest BCUT2D eigenvalue weighted by molar-refractivity contribution is 0.0991. The lowest BCUT2D eigenvalue weighted by atomic mass is 9.79. The molecule has 2 aliphatic rings. The summed E-state index contributed by atoms with van der Waals surface area (Å²) in [5.74, 6) is 2.02. The lowest BCUT2D eigenvalue weighted by Gasteiger charge is -2.40. The molecule has 0 radical (unpaired) electrons. The Hall–Kier alpha value is -2.60. The summed E-state index contributed by atoms with van der Waals surface area (Å²) in [6.07, 6.45) is 7.43. The number of anilines is 1. The summed E-state index contributed by atoms with van der Waals surface area (Å²) in [4.78, 5) is 17.2. The summed E-state index contributed by atoms with van der Waals surface area (Å²) < 4.78 is 5.39. The molecule has 0 aliphatic carbocycles. The predicted molar refractivity (Wildman–Crippen MR) is 111 cm³/mol. The van der Waals surface area contributed by atoms with Crippen LogP contribution in [0.25, 0.3) is 11.0 Å². The normalized spacial score (nSPS) is 23.0. The largest absolute Gasteiger partial charge is 0.497 e. The molecular weight excluding hydrogens is 350 g/mol. The summed E-state index contributed by atoms with van der Waals surface area (Å²) in [5.41, 5.74) is 2.62. The number of ether oxygens (including phenoxy) is 1. The standard InChI is InChI=1S/C22H27N5O/c1-28-18-5-2-4-17(12-18)13-26-10-3-7-22(14-26)8-11-27(15-22)21-19-6-9-23-20(19)24-16-25-21/h2,4-6,9,12,16H,3,7-8,10-11,13-15H2,1H3,(H,23,24,25)/t22-/m0/s1. The Labute approximate surface area is 165 Å². The van der Waals surface area contributed by atoms with Crippen molar-refractivity contribution < 1.29 is 4.74 Å². The fourth-order valence-electron chi connectivity index (χ4n) is 5.03. The summed E-state index contributed by atoms with van der Waals surface area (Å²) in [6, 6.07) is 10.5. The third kappa shape index (κ3) is 3.22. The Kier molecular flexibility index (Phi) is 4.43. The van der Waals surface area contributed by atoms with E-state index in [4.69, 9.17) is 4.74 Å². The number of methoxy groups -OCH3 is 1. The number of nitrogens with one attached hydrogen (secondary N) is 1. The highest BCUT2D eigenvalue weighted by atomic mass is 16.5. The van der Waals surface area contributed by atoms with E-state index in [-0.39, 0.29) is 0 Å². The SMILES string of the molecule is COc1cccc(CN2CCC[C@]3(CCN(c4ncnc5[nH]ccc45)C3)C2)c1. The molecule has 0 unspecified atom stereocenters. The highest BCUT2D eigenvalue weighted by Crippen LogP contribution is 2.41. The molecule has 1 N–H and O–H groups in total. The van der Waals surface area contributed by atoms with Gasteiger partial charge in [-0.3, -0.25) is 4.90 Å². The van der Waals surface area contributed by atoms with E-state index in [0.29, 0.717) is 5.41 Å². The zero-order chi connectivity index (χ0) is 19.0. The van der Waals surface area contributed by atoms with Crippen LogP contribution in [0.5, 0.6) is 5.75 Å². The summed E-state index contributed by atoms with van der Waals surface area (Å²) in [6.45, 7) is 5.48. The minimum atomic E-state index is 0.366. The van der Waals surface area contributed by atoms with Gasteiger partial charge in [-0.05, 0) is 49.6 Å². The molecular formula is C22H27N5O. The van der Waals surface area contributed by atoms with E-state index in [0.717, 1.165) is 48.8 Å². The van der Waals surface area contributed by atoms with Gasteiger partial charge in [0.2, 0.25) is 0 Å². The maximum absolute atomic E-state index is 5.39. The topological polar surface area (TPSA) is 57.3 Å². The highest BCUT2D eigenvalue weighted by molar-refractivity contribution is 5.87. The zero-order valence-electron chi connectivity index (χ0n) is 16.4. The lowest BCUT2D eigenvalue weighted by Crippen LogP contribution is -2.44. The average Bonchev–Trinajstić information content (AvgIpc) is 3.35. The van der Waals surface area contributed by atoms with Gasteiger partial charge < -0.3 is 14.6 Å². The number of rotatable bonds is 4. The molecule has 0 amide bonds. The van der Waals surface area contributed by atoms with E-state index in [1.165, 1.54) is 31.4 Å². The molecule has 2 aliphatic heterocycles. The third-order valence-corrected chi connectivity index (χ3v) is 6.35. The monoisotopic (exact) mass is 377 g/mol. The summed E-state index contributed by atoms with van der Waals surface area (Å²) in [5, 5.41) is 1.13. The van der Waals surface area contributed by atoms with E-state index in [9.17, 15) is 0 Å². The van der Waals surface area contributed by atoms with Gasteiger partial charge in [0.1, 0.15) is 23.5 Å². The van der Waals surface area contributed by atoms with Crippen molar-refractivity contribution >= 4 is 16.9 Å². The number of likely N-dealkylation sites (tertiary alicyclic amines) is 1. The minimum absolute atomic E-state index is 0.366. The number of H-pyrrole nitrogens is 1. The molecule has 0 saturated carbocycles. The molecule has 28 heavy (non-hydrogen) atoms. The van der Waals surface area contributed by atoms with Crippen molar-refractivity contribution in [3.8, 4) is 5.75 Å². The molecule has 6 nitrogen and oxygen atoms in total. The van der Waals surface area contributed by atoms with Gasteiger partial charge in [0.05, 0.1) is 12.5 Å². The first-order valence-electron chi connectivity index (χ1n) is 10.1. The molecule has 5 rings (SSSR count). The van der Waals surface area contributed by atoms with Crippen LogP contribution in [0.15, 0.2) is 42.9 Å². The Morgan fingerprint density at radius 3 is 3.04 bits per heavy atom. The van der Waals surface area contributed by atoms with E-state index in [1.807, 2.05) is 12.3 Å². The molecule has 4 heterocycles. The molecule has 2 saturated heterocycles. The predicted octanol–water partition coefficient (Wildman–Crippen LogP) is 3.46. The first kappa shape index (κ1) is 17.5. The van der Waals surface area contributed by atoms with Crippen molar-refractivity contribution in [3.63, 3.8) is 0 Å². The Morgan fingerprint density at radius 2 is 2.11 bits per heavy atom.